The summed E-state index contributed by atoms with van der Waals surface area (Å²) in [6.45, 7) is 2.27. The van der Waals surface area contributed by atoms with Crippen molar-refractivity contribution in [2.45, 2.75) is 18.9 Å². The second kappa shape index (κ2) is 6.56. The molecule has 1 heterocycles. The van der Waals surface area contributed by atoms with E-state index in [2.05, 4.69) is 5.32 Å². The summed E-state index contributed by atoms with van der Waals surface area (Å²) in [5, 5.41) is 3.26. The molecule has 0 aliphatic carbocycles. The van der Waals surface area contributed by atoms with E-state index < -0.39 is 0 Å². The first-order chi connectivity index (χ1) is 8.00. The third kappa shape index (κ3) is 4.70. The lowest BCUT2D eigenvalue weighted by Gasteiger charge is -2.33. The van der Waals surface area contributed by atoms with Gasteiger partial charge in [0.1, 0.15) is 0 Å². The number of nitrogens with one attached hydrogen (secondary N) is 1. The van der Waals surface area contributed by atoms with Gasteiger partial charge in [-0.2, -0.15) is 0 Å². The number of nitrogens with two attached hydrogens (primary N) is 1. The van der Waals surface area contributed by atoms with E-state index in [1.54, 1.807) is 14.1 Å². The lowest BCUT2D eigenvalue weighted by Crippen LogP contribution is -2.49. The van der Waals surface area contributed by atoms with Gasteiger partial charge in [0, 0.05) is 20.1 Å². The van der Waals surface area contributed by atoms with E-state index in [1.165, 1.54) is 4.90 Å². The fraction of sp³-hybridized carbons (Fsp3) is 0.818. The van der Waals surface area contributed by atoms with Crippen molar-refractivity contribution in [2.75, 3.05) is 40.3 Å². The van der Waals surface area contributed by atoms with E-state index in [9.17, 15) is 9.59 Å². The molecule has 0 aromatic heterocycles. The average Bonchev–Trinajstić information content (AvgIpc) is 2.28. The van der Waals surface area contributed by atoms with Crippen molar-refractivity contribution in [2.24, 2.45) is 5.73 Å². The maximum absolute atomic E-state index is 11.7. The SMILES string of the molecule is CN(C)C(=O)CN(CC(N)=O)C1CCNCC1. The molecule has 1 aliphatic rings. The quantitative estimate of drug-likeness (QED) is 0.622. The molecule has 1 aliphatic heterocycles. The number of hydrogen-bond acceptors (Lipinski definition) is 4. The number of likely N-dealkylation sites (N-methyl/N-ethyl adjacent to an activating group) is 1. The van der Waals surface area contributed by atoms with Gasteiger partial charge in [0.15, 0.2) is 0 Å². The second-order valence-electron chi connectivity index (χ2n) is 4.64. The summed E-state index contributed by atoms with van der Waals surface area (Å²) in [5.41, 5.74) is 5.23. The molecule has 0 unspecified atom stereocenters. The number of rotatable bonds is 5. The van der Waals surface area contributed by atoms with Crippen LogP contribution in [0.4, 0.5) is 0 Å². The van der Waals surface area contributed by atoms with Gasteiger partial charge in [-0.25, -0.2) is 0 Å². The molecule has 0 bridgehead atoms. The van der Waals surface area contributed by atoms with Crippen LogP contribution in [-0.4, -0.2) is 67.9 Å². The minimum absolute atomic E-state index is 0.00443. The van der Waals surface area contributed by atoms with Crippen molar-refractivity contribution in [1.29, 1.82) is 0 Å². The van der Waals surface area contributed by atoms with Crippen LogP contribution in [0, 0.1) is 0 Å². The Morgan fingerprint density at radius 1 is 1.24 bits per heavy atom. The fourth-order valence-electron chi connectivity index (χ4n) is 2.00. The molecule has 2 amide bonds. The van der Waals surface area contributed by atoms with Crippen molar-refractivity contribution in [3.8, 4) is 0 Å². The van der Waals surface area contributed by atoms with Crippen LogP contribution < -0.4 is 11.1 Å². The van der Waals surface area contributed by atoms with E-state index in [0.717, 1.165) is 25.9 Å². The van der Waals surface area contributed by atoms with Crippen LogP contribution in [-0.2, 0) is 9.59 Å². The fourth-order valence-corrected chi connectivity index (χ4v) is 2.00. The molecule has 0 aromatic carbocycles. The van der Waals surface area contributed by atoms with Crippen LogP contribution in [0.3, 0.4) is 0 Å². The molecule has 98 valence electrons. The van der Waals surface area contributed by atoms with Crippen LogP contribution in [0.25, 0.3) is 0 Å². The van der Waals surface area contributed by atoms with Gasteiger partial charge < -0.3 is 16.0 Å². The molecular formula is C11H22N4O2. The summed E-state index contributed by atoms with van der Waals surface area (Å²) in [7, 11) is 3.43. The molecule has 1 rings (SSSR count). The second-order valence-corrected chi connectivity index (χ2v) is 4.64. The molecule has 0 aromatic rings. The maximum Gasteiger partial charge on any atom is 0.236 e. The first kappa shape index (κ1) is 13.9. The Bertz CT molecular complexity index is 275. The number of piperidine rings is 1. The van der Waals surface area contributed by atoms with Gasteiger partial charge in [0.25, 0.3) is 0 Å². The zero-order chi connectivity index (χ0) is 12.8. The van der Waals surface area contributed by atoms with Crippen LogP contribution in [0.5, 0.6) is 0 Å². The zero-order valence-electron chi connectivity index (χ0n) is 10.6. The predicted octanol–water partition coefficient (Wildman–Crippen LogP) is -1.39. The molecule has 1 saturated heterocycles. The Morgan fingerprint density at radius 2 is 1.82 bits per heavy atom. The van der Waals surface area contributed by atoms with E-state index in [-0.39, 0.29) is 30.9 Å². The molecule has 0 spiro atoms. The number of carbonyl (C=O) groups is 2. The highest BCUT2D eigenvalue weighted by molar-refractivity contribution is 5.80. The molecule has 0 radical (unpaired) electrons. The summed E-state index contributed by atoms with van der Waals surface area (Å²) in [4.78, 5) is 26.2. The molecule has 0 atom stereocenters. The lowest BCUT2D eigenvalue weighted by molar-refractivity contribution is -0.131. The Balaban J connectivity index is 2.58. The molecular weight excluding hydrogens is 220 g/mol. The molecule has 3 N–H and O–H groups in total. The lowest BCUT2D eigenvalue weighted by atomic mass is 10.0. The summed E-state index contributed by atoms with van der Waals surface area (Å²) >= 11 is 0. The van der Waals surface area contributed by atoms with Crippen LogP contribution in [0.2, 0.25) is 0 Å². The van der Waals surface area contributed by atoms with Crippen molar-refractivity contribution >= 4 is 11.8 Å². The maximum atomic E-state index is 11.7. The third-order valence-corrected chi connectivity index (χ3v) is 3.02. The van der Waals surface area contributed by atoms with E-state index in [0.29, 0.717) is 0 Å². The van der Waals surface area contributed by atoms with Gasteiger partial charge in [-0.3, -0.25) is 14.5 Å². The Kier molecular flexibility index (Phi) is 5.37. The third-order valence-electron chi connectivity index (χ3n) is 3.02. The summed E-state index contributed by atoms with van der Waals surface area (Å²) in [6.07, 6.45) is 1.90. The first-order valence-corrected chi connectivity index (χ1v) is 5.94. The summed E-state index contributed by atoms with van der Waals surface area (Å²) in [6, 6.07) is 0.271. The van der Waals surface area contributed by atoms with E-state index in [1.807, 2.05) is 4.90 Å². The van der Waals surface area contributed by atoms with E-state index in [4.69, 9.17) is 5.73 Å². The monoisotopic (exact) mass is 242 g/mol. The summed E-state index contributed by atoms with van der Waals surface area (Å²) < 4.78 is 0. The van der Waals surface area contributed by atoms with Gasteiger partial charge in [-0.15, -0.1) is 0 Å². The van der Waals surface area contributed by atoms with Gasteiger partial charge in [0.2, 0.25) is 11.8 Å². The smallest absolute Gasteiger partial charge is 0.236 e. The van der Waals surface area contributed by atoms with Crippen molar-refractivity contribution in [1.82, 2.24) is 15.1 Å². The van der Waals surface area contributed by atoms with Crippen molar-refractivity contribution in [3.05, 3.63) is 0 Å². The Morgan fingerprint density at radius 3 is 2.29 bits per heavy atom. The van der Waals surface area contributed by atoms with E-state index >= 15 is 0 Å². The van der Waals surface area contributed by atoms with Gasteiger partial charge >= 0.3 is 0 Å². The van der Waals surface area contributed by atoms with Crippen LogP contribution in [0.1, 0.15) is 12.8 Å². The molecule has 0 saturated carbocycles. The number of nitrogens with zero attached hydrogens (tertiary/aromatic N) is 2. The van der Waals surface area contributed by atoms with Crippen LogP contribution >= 0.6 is 0 Å². The molecule has 17 heavy (non-hydrogen) atoms. The zero-order valence-corrected chi connectivity index (χ0v) is 10.6. The highest BCUT2D eigenvalue weighted by Crippen LogP contribution is 2.11. The first-order valence-electron chi connectivity index (χ1n) is 5.94. The molecule has 6 heteroatoms. The minimum atomic E-state index is -0.380. The number of carbonyl (C=O) groups excluding carboxylic acids is 2. The molecule has 1 fully saturated rings. The largest absolute Gasteiger partial charge is 0.369 e. The van der Waals surface area contributed by atoms with Crippen molar-refractivity contribution in [3.63, 3.8) is 0 Å². The topological polar surface area (TPSA) is 78.7 Å². The highest BCUT2D eigenvalue weighted by Gasteiger charge is 2.24. The highest BCUT2D eigenvalue weighted by atomic mass is 16.2. The summed E-state index contributed by atoms with van der Waals surface area (Å²) in [5.74, 6) is -0.375. The normalized spacial score (nSPS) is 17.1. The average molecular weight is 242 g/mol. The number of amides is 2. The van der Waals surface area contributed by atoms with Gasteiger partial charge in [-0.05, 0) is 25.9 Å². The van der Waals surface area contributed by atoms with Crippen LogP contribution in [0.15, 0.2) is 0 Å². The van der Waals surface area contributed by atoms with Gasteiger partial charge in [-0.1, -0.05) is 0 Å². The van der Waals surface area contributed by atoms with Gasteiger partial charge in [0.05, 0.1) is 13.1 Å². The standard InChI is InChI=1S/C11H22N4O2/c1-14(2)11(17)8-15(7-10(12)16)9-3-5-13-6-4-9/h9,13H,3-8H2,1-2H3,(H2,12,16). The predicted molar refractivity (Wildman–Crippen MR) is 65.4 cm³/mol. The number of primary amides is 1. The minimum Gasteiger partial charge on any atom is -0.369 e. The Labute approximate surface area is 102 Å². The Hall–Kier alpha value is -1.14. The van der Waals surface area contributed by atoms with Crippen molar-refractivity contribution < 1.29 is 9.59 Å². The molecule has 6 nitrogen and oxygen atoms in total. The number of hydrogen-bond donors (Lipinski definition) is 2.